The first-order valence-electron chi connectivity index (χ1n) is 11.3. The van der Waals surface area contributed by atoms with E-state index in [9.17, 15) is 14.4 Å². The predicted molar refractivity (Wildman–Crippen MR) is 116 cm³/mol. The molecule has 30 heavy (non-hydrogen) atoms. The van der Waals surface area contributed by atoms with E-state index in [0.29, 0.717) is 5.56 Å². The molecule has 160 valence electrons. The molecule has 4 rings (SSSR count). The maximum Gasteiger partial charge on any atom is 0.292 e. The Labute approximate surface area is 177 Å². The summed E-state index contributed by atoms with van der Waals surface area (Å²) in [5.41, 5.74) is 1.19. The third kappa shape index (κ3) is 4.58. The Morgan fingerprint density at radius 3 is 2.30 bits per heavy atom. The molecule has 6 nitrogen and oxygen atoms in total. The number of nitrogens with one attached hydrogen (secondary N) is 1. The number of para-hydroxylation sites is 1. The normalized spacial score (nSPS) is 18.2. The molecule has 1 aliphatic heterocycles. The molecule has 1 aromatic carbocycles. The monoisotopic (exact) mass is 409 g/mol. The summed E-state index contributed by atoms with van der Waals surface area (Å²) >= 11 is 0. The third-order valence-corrected chi connectivity index (χ3v) is 6.44. The minimum atomic E-state index is -0.538. The molecule has 2 amide bonds. The van der Waals surface area contributed by atoms with E-state index in [-0.39, 0.29) is 18.5 Å². The van der Waals surface area contributed by atoms with Crippen LogP contribution >= 0.6 is 0 Å². The Kier molecular flexibility index (Phi) is 6.50. The number of ketones is 1. The number of rotatable bonds is 5. The summed E-state index contributed by atoms with van der Waals surface area (Å²) in [4.78, 5) is 40.4. The maximum atomic E-state index is 13.0. The van der Waals surface area contributed by atoms with Gasteiger partial charge in [0, 0.05) is 36.2 Å². The van der Waals surface area contributed by atoms with Crippen LogP contribution < -0.4 is 5.32 Å². The van der Waals surface area contributed by atoms with E-state index in [1.165, 1.54) is 19.3 Å². The lowest BCUT2D eigenvalue weighted by Crippen LogP contribution is -2.40. The molecule has 0 spiro atoms. The van der Waals surface area contributed by atoms with Gasteiger partial charge in [-0.05, 0) is 31.7 Å². The highest BCUT2D eigenvalue weighted by atomic mass is 16.2. The molecule has 0 radical (unpaired) electrons. The van der Waals surface area contributed by atoms with Gasteiger partial charge >= 0.3 is 0 Å². The van der Waals surface area contributed by atoms with Crippen LogP contribution in [0, 0.1) is 0 Å². The first kappa shape index (κ1) is 20.6. The Bertz CT molecular complexity index is 919. The quantitative estimate of drug-likeness (QED) is 0.605. The molecule has 0 atom stereocenters. The van der Waals surface area contributed by atoms with Crippen molar-refractivity contribution in [1.82, 2.24) is 14.8 Å². The van der Waals surface area contributed by atoms with Crippen molar-refractivity contribution >= 4 is 28.5 Å². The van der Waals surface area contributed by atoms with Gasteiger partial charge in [-0.3, -0.25) is 14.4 Å². The van der Waals surface area contributed by atoms with Crippen LogP contribution in [0.25, 0.3) is 10.9 Å². The summed E-state index contributed by atoms with van der Waals surface area (Å²) < 4.78 is 1.82. The molecular weight excluding hydrogens is 378 g/mol. The van der Waals surface area contributed by atoms with Crippen molar-refractivity contribution in [2.24, 2.45) is 0 Å². The summed E-state index contributed by atoms with van der Waals surface area (Å²) in [5, 5.41) is 3.64. The minimum Gasteiger partial charge on any atom is -0.346 e. The van der Waals surface area contributed by atoms with E-state index >= 15 is 0 Å². The second kappa shape index (κ2) is 9.45. The van der Waals surface area contributed by atoms with Crippen LogP contribution in [0.1, 0.15) is 68.1 Å². The number of aromatic nitrogens is 1. The van der Waals surface area contributed by atoms with Crippen LogP contribution in [0.2, 0.25) is 0 Å². The minimum absolute atomic E-state index is 0.0725. The number of carbonyl (C=O) groups is 3. The maximum absolute atomic E-state index is 13.0. The van der Waals surface area contributed by atoms with Crippen molar-refractivity contribution in [3.63, 3.8) is 0 Å². The first-order chi connectivity index (χ1) is 14.6. The van der Waals surface area contributed by atoms with Crippen molar-refractivity contribution in [3.05, 3.63) is 36.0 Å². The highest BCUT2D eigenvalue weighted by Crippen LogP contribution is 2.23. The number of hydrogen-bond donors (Lipinski definition) is 1. The number of benzene rings is 1. The van der Waals surface area contributed by atoms with Gasteiger partial charge < -0.3 is 14.8 Å². The van der Waals surface area contributed by atoms with Crippen molar-refractivity contribution in [3.8, 4) is 0 Å². The highest BCUT2D eigenvalue weighted by Gasteiger charge is 2.25. The molecule has 6 heteroatoms. The molecule has 2 fully saturated rings. The van der Waals surface area contributed by atoms with Crippen LogP contribution in [0.3, 0.4) is 0 Å². The third-order valence-electron chi connectivity index (χ3n) is 6.44. The molecular formula is C24H31N3O3. The van der Waals surface area contributed by atoms with Crippen LogP contribution in [-0.4, -0.2) is 46.2 Å². The summed E-state index contributed by atoms with van der Waals surface area (Å²) in [6, 6.07) is 7.60. The number of amides is 2. The van der Waals surface area contributed by atoms with Gasteiger partial charge in [0.05, 0.1) is 5.56 Å². The zero-order chi connectivity index (χ0) is 20.9. The lowest BCUT2D eigenvalue weighted by atomic mass is 9.95. The van der Waals surface area contributed by atoms with Crippen molar-refractivity contribution in [2.75, 3.05) is 13.1 Å². The smallest absolute Gasteiger partial charge is 0.292 e. The molecule has 1 aliphatic carbocycles. The number of Topliss-reactive ketones (excluding diaryl/α,β-unsaturated/α-hetero) is 1. The van der Waals surface area contributed by atoms with E-state index in [2.05, 4.69) is 5.32 Å². The van der Waals surface area contributed by atoms with E-state index in [0.717, 1.165) is 62.5 Å². The number of likely N-dealkylation sites (tertiary alicyclic amines) is 1. The second-order valence-corrected chi connectivity index (χ2v) is 8.62. The van der Waals surface area contributed by atoms with Crippen LogP contribution in [0.15, 0.2) is 30.5 Å². The van der Waals surface area contributed by atoms with Gasteiger partial charge in [0.15, 0.2) is 0 Å². The lowest BCUT2D eigenvalue weighted by molar-refractivity contribution is -0.131. The molecule has 1 N–H and O–H groups in total. The molecule has 2 aliphatic rings. The average molecular weight is 410 g/mol. The molecule has 2 aromatic rings. The van der Waals surface area contributed by atoms with Gasteiger partial charge in [0.2, 0.25) is 5.91 Å². The van der Waals surface area contributed by atoms with Crippen LogP contribution in [0.4, 0.5) is 0 Å². The van der Waals surface area contributed by atoms with E-state index < -0.39 is 11.7 Å². The number of fused-ring (bicyclic) bond motifs is 1. The van der Waals surface area contributed by atoms with E-state index in [1.54, 1.807) is 6.20 Å². The molecule has 1 saturated heterocycles. The average Bonchev–Trinajstić information content (AvgIpc) is 2.93. The second-order valence-electron chi connectivity index (χ2n) is 8.62. The Morgan fingerprint density at radius 1 is 0.900 bits per heavy atom. The van der Waals surface area contributed by atoms with Gasteiger partial charge in [-0.1, -0.05) is 50.3 Å². The number of nitrogens with zero attached hydrogens (tertiary/aromatic N) is 2. The van der Waals surface area contributed by atoms with E-state index in [1.807, 2.05) is 33.7 Å². The molecule has 1 saturated carbocycles. The molecule has 0 unspecified atom stereocenters. The SMILES string of the molecule is O=C(NC1CCCCC1)C(=O)c1cn(CC(=O)N2CCCCCC2)c2ccccc12. The molecule has 1 aromatic heterocycles. The molecule has 2 heterocycles. The summed E-state index contributed by atoms with van der Waals surface area (Å²) in [5.74, 6) is -0.982. The summed E-state index contributed by atoms with van der Waals surface area (Å²) in [6.07, 6.45) is 11.4. The Balaban J connectivity index is 1.53. The fourth-order valence-corrected chi connectivity index (χ4v) is 4.74. The van der Waals surface area contributed by atoms with Gasteiger partial charge in [0.1, 0.15) is 6.54 Å². The number of hydrogen-bond acceptors (Lipinski definition) is 3. The van der Waals surface area contributed by atoms with Crippen molar-refractivity contribution in [2.45, 2.75) is 70.4 Å². The van der Waals surface area contributed by atoms with Gasteiger partial charge in [-0.15, -0.1) is 0 Å². The predicted octanol–water partition coefficient (Wildman–Crippen LogP) is 3.68. The van der Waals surface area contributed by atoms with Gasteiger partial charge in [-0.25, -0.2) is 0 Å². The fraction of sp³-hybridized carbons (Fsp3) is 0.542. The van der Waals surface area contributed by atoms with Crippen molar-refractivity contribution in [1.29, 1.82) is 0 Å². The standard InChI is InChI=1S/C24H31N3O3/c28-22(26-14-8-1-2-9-15-26)17-27-16-20(19-12-6-7-13-21(19)27)23(29)24(30)25-18-10-4-3-5-11-18/h6-7,12-13,16,18H,1-5,8-11,14-15,17H2,(H,25,30). The fourth-order valence-electron chi connectivity index (χ4n) is 4.74. The zero-order valence-corrected chi connectivity index (χ0v) is 17.6. The van der Waals surface area contributed by atoms with Gasteiger partial charge in [-0.2, -0.15) is 0 Å². The van der Waals surface area contributed by atoms with Gasteiger partial charge in [0.25, 0.3) is 11.7 Å². The first-order valence-corrected chi connectivity index (χ1v) is 11.3. The van der Waals surface area contributed by atoms with Crippen LogP contribution in [-0.2, 0) is 16.1 Å². The molecule has 0 bridgehead atoms. The zero-order valence-electron chi connectivity index (χ0n) is 17.6. The number of carbonyl (C=O) groups excluding carboxylic acids is 3. The highest BCUT2D eigenvalue weighted by molar-refractivity contribution is 6.45. The Hall–Kier alpha value is -2.63. The van der Waals surface area contributed by atoms with Crippen LogP contribution in [0.5, 0.6) is 0 Å². The largest absolute Gasteiger partial charge is 0.346 e. The van der Waals surface area contributed by atoms with E-state index in [4.69, 9.17) is 0 Å². The summed E-state index contributed by atoms with van der Waals surface area (Å²) in [6.45, 7) is 1.79. The van der Waals surface area contributed by atoms with Crippen molar-refractivity contribution < 1.29 is 14.4 Å². The topological polar surface area (TPSA) is 71.4 Å². The Morgan fingerprint density at radius 2 is 1.57 bits per heavy atom. The summed E-state index contributed by atoms with van der Waals surface area (Å²) in [7, 11) is 0. The lowest BCUT2D eigenvalue weighted by Gasteiger charge is -2.22.